The van der Waals surface area contributed by atoms with Crippen molar-refractivity contribution in [1.82, 2.24) is 0 Å². The van der Waals surface area contributed by atoms with Crippen molar-refractivity contribution in [3.05, 3.63) is 30.1 Å². The van der Waals surface area contributed by atoms with Gasteiger partial charge in [-0.1, -0.05) is 0 Å². The molecule has 0 aliphatic heterocycles. The van der Waals surface area contributed by atoms with Gasteiger partial charge in [-0.15, -0.1) is 0 Å². The number of halogens is 1. The summed E-state index contributed by atoms with van der Waals surface area (Å²) < 4.78 is 17.5. The fourth-order valence-electron chi connectivity index (χ4n) is 0.984. The van der Waals surface area contributed by atoms with E-state index in [2.05, 4.69) is 0 Å². The monoisotopic (exact) mass is 214 g/mol. The summed E-state index contributed by atoms with van der Waals surface area (Å²) in [7, 11) is 0. The van der Waals surface area contributed by atoms with Gasteiger partial charge in [0.1, 0.15) is 18.2 Å². The van der Waals surface area contributed by atoms with Crippen LogP contribution in [0.25, 0.3) is 0 Å². The van der Waals surface area contributed by atoms with Crippen molar-refractivity contribution in [2.24, 2.45) is 0 Å². The Hall–Kier alpha value is -1.62. The highest BCUT2D eigenvalue weighted by Gasteiger charge is 2.09. The molecule has 0 aromatic heterocycles. The van der Waals surface area contributed by atoms with Crippen LogP contribution >= 0.6 is 0 Å². The lowest BCUT2D eigenvalue weighted by molar-refractivity contribution is -0.139. The Labute approximate surface area is 85.9 Å². The van der Waals surface area contributed by atoms with Gasteiger partial charge in [-0.05, 0) is 24.3 Å². The number of aliphatic hydroxyl groups is 1. The highest BCUT2D eigenvalue weighted by molar-refractivity contribution is 5.67. The summed E-state index contributed by atoms with van der Waals surface area (Å²) in [5, 5.41) is 17.5. The van der Waals surface area contributed by atoms with Crippen LogP contribution in [0.2, 0.25) is 0 Å². The maximum atomic E-state index is 12.5. The van der Waals surface area contributed by atoms with Gasteiger partial charge in [0.25, 0.3) is 0 Å². The topological polar surface area (TPSA) is 66.8 Å². The van der Waals surface area contributed by atoms with Crippen molar-refractivity contribution in [2.45, 2.75) is 12.5 Å². The lowest BCUT2D eigenvalue weighted by atomic mass is 10.3. The number of carboxylic acid groups (broad SMARTS) is 1. The van der Waals surface area contributed by atoms with E-state index in [1.165, 1.54) is 24.3 Å². The average Bonchev–Trinajstić information content (AvgIpc) is 2.16. The normalized spacial score (nSPS) is 12.1. The van der Waals surface area contributed by atoms with Crippen molar-refractivity contribution in [3.63, 3.8) is 0 Å². The molecule has 5 heteroatoms. The van der Waals surface area contributed by atoms with E-state index in [-0.39, 0.29) is 18.8 Å². The van der Waals surface area contributed by atoms with Gasteiger partial charge < -0.3 is 14.9 Å². The number of benzene rings is 1. The Kier molecular flexibility index (Phi) is 4.05. The number of carboxylic acids is 1. The molecule has 1 rings (SSSR count). The molecule has 0 aliphatic rings. The van der Waals surface area contributed by atoms with Crippen LogP contribution in [0.3, 0.4) is 0 Å². The van der Waals surface area contributed by atoms with Gasteiger partial charge in [0, 0.05) is 0 Å². The molecule has 0 fully saturated rings. The fourth-order valence-corrected chi connectivity index (χ4v) is 0.984. The summed E-state index contributed by atoms with van der Waals surface area (Å²) in [5.74, 6) is -1.08. The quantitative estimate of drug-likeness (QED) is 0.768. The molecule has 4 nitrogen and oxygen atoms in total. The highest BCUT2D eigenvalue weighted by Crippen LogP contribution is 2.11. The smallest absolute Gasteiger partial charge is 0.306 e. The summed E-state index contributed by atoms with van der Waals surface area (Å²) >= 11 is 0. The lowest BCUT2D eigenvalue weighted by Gasteiger charge is -2.09. The summed E-state index contributed by atoms with van der Waals surface area (Å²) in [5.41, 5.74) is 0. The van der Waals surface area contributed by atoms with E-state index in [1.807, 2.05) is 0 Å². The van der Waals surface area contributed by atoms with Gasteiger partial charge in [-0.3, -0.25) is 4.79 Å². The molecule has 2 N–H and O–H groups in total. The van der Waals surface area contributed by atoms with Crippen molar-refractivity contribution < 1.29 is 24.1 Å². The molecule has 15 heavy (non-hydrogen) atoms. The van der Waals surface area contributed by atoms with Crippen LogP contribution in [-0.2, 0) is 4.79 Å². The van der Waals surface area contributed by atoms with Gasteiger partial charge in [-0.25, -0.2) is 4.39 Å². The number of aliphatic hydroxyl groups excluding tert-OH is 1. The third-order valence-electron chi connectivity index (χ3n) is 1.67. The van der Waals surface area contributed by atoms with Crippen LogP contribution in [-0.4, -0.2) is 28.9 Å². The maximum absolute atomic E-state index is 12.5. The van der Waals surface area contributed by atoms with Gasteiger partial charge in [0.05, 0.1) is 12.5 Å². The van der Waals surface area contributed by atoms with Crippen LogP contribution in [0.5, 0.6) is 5.75 Å². The standard InChI is InChI=1S/C10H11FO4/c11-7-1-3-9(4-2-7)15-6-8(12)5-10(13)14/h1-4,8,12H,5-6H2,(H,13,14). The van der Waals surface area contributed by atoms with Gasteiger partial charge in [0.2, 0.25) is 0 Å². The Bertz CT molecular complexity index is 323. The van der Waals surface area contributed by atoms with Crippen molar-refractivity contribution in [1.29, 1.82) is 0 Å². The second-order valence-corrected chi connectivity index (χ2v) is 3.02. The van der Waals surface area contributed by atoms with E-state index in [4.69, 9.17) is 14.9 Å². The Morgan fingerprint density at radius 1 is 1.40 bits per heavy atom. The summed E-state index contributed by atoms with van der Waals surface area (Å²) in [6.07, 6.45) is -1.44. The first-order chi connectivity index (χ1) is 7.08. The number of ether oxygens (including phenoxy) is 1. The predicted octanol–water partition coefficient (Wildman–Crippen LogP) is 1.04. The van der Waals surface area contributed by atoms with E-state index in [0.29, 0.717) is 5.75 Å². The molecule has 0 bridgehead atoms. The van der Waals surface area contributed by atoms with Crippen molar-refractivity contribution in [2.75, 3.05) is 6.61 Å². The van der Waals surface area contributed by atoms with Crippen LogP contribution in [0.4, 0.5) is 4.39 Å². The van der Waals surface area contributed by atoms with E-state index in [1.54, 1.807) is 0 Å². The van der Waals surface area contributed by atoms with Crippen molar-refractivity contribution in [3.8, 4) is 5.75 Å². The zero-order chi connectivity index (χ0) is 11.3. The second-order valence-electron chi connectivity index (χ2n) is 3.02. The number of carbonyl (C=O) groups is 1. The molecule has 0 amide bonds. The van der Waals surface area contributed by atoms with Crippen LogP contribution < -0.4 is 4.74 Å². The lowest BCUT2D eigenvalue weighted by Crippen LogP contribution is -2.21. The number of rotatable bonds is 5. The molecule has 0 aliphatic carbocycles. The Balaban J connectivity index is 2.36. The fraction of sp³-hybridized carbons (Fsp3) is 0.300. The minimum absolute atomic E-state index is 0.127. The molecular formula is C10H11FO4. The zero-order valence-electron chi connectivity index (χ0n) is 7.89. The molecule has 0 radical (unpaired) electrons. The third kappa shape index (κ3) is 4.42. The SMILES string of the molecule is O=C(O)CC(O)COc1ccc(F)cc1. The summed E-state index contributed by atoms with van der Waals surface area (Å²) in [4.78, 5) is 10.2. The molecule has 0 saturated carbocycles. The average molecular weight is 214 g/mol. The van der Waals surface area contributed by atoms with Gasteiger partial charge >= 0.3 is 5.97 Å². The number of hydrogen-bond donors (Lipinski definition) is 2. The van der Waals surface area contributed by atoms with E-state index in [0.717, 1.165) is 0 Å². The minimum atomic E-state index is -1.09. The largest absolute Gasteiger partial charge is 0.491 e. The molecule has 1 aromatic carbocycles. The van der Waals surface area contributed by atoms with Gasteiger partial charge in [-0.2, -0.15) is 0 Å². The maximum Gasteiger partial charge on any atom is 0.306 e. The molecule has 82 valence electrons. The number of aliphatic carboxylic acids is 1. The van der Waals surface area contributed by atoms with E-state index >= 15 is 0 Å². The Morgan fingerprint density at radius 3 is 2.53 bits per heavy atom. The molecule has 0 heterocycles. The molecular weight excluding hydrogens is 203 g/mol. The van der Waals surface area contributed by atoms with Crippen LogP contribution in [0, 0.1) is 5.82 Å². The van der Waals surface area contributed by atoms with E-state index < -0.39 is 12.1 Å². The summed E-state index contributed by atoms with van der Waals surface area (Å²) in [6.45, 7) is -0.127. The summed E-state index contributed by atoms with van der Waals surface area (Å²) in [6, 6.07) is 5.25. The van der Waals surface area contributed by atoms with Gasteiger partial charge in [0.15, 0.2) is 0 Å². The first kappa shape index (κ1) is 11.5. The van der Waals surface area contributed by atoms with Crippen LogP contribution in [0.15, 0.2) is 24.3 Å². The molecule has 1 unspecified atom stereocenters. The first-order valence-electron chi connectivity index (χ1n) is 4.36. The molecule has 1 aromatic rings. The van der Waals surface area contributed by atoms with Crippen LogP contribution in [0.1, 0.15) is 6.42 Å². The molecule has 0 saturated heterocycles. The Morgan fingerprint density at radius 2 is 2.00 bits per heavy atom. The second kappa shape index (κ2) is 5.31. The van der Waals surface area contributed by atoms with E-state index in [9.17, 15) is 9.18 Å². The highest BCUT2D eigenvalue weighted by atomic mass is 19.1. The number of hydrogen-bond acceptors (Lipinski definition) is 3. The first-order valence-corrected chi connectivity index (χ1v) is 4.36. The zero-order valence-corrected chi connectivity index (χ0v) is 7.89. The van der Waals surface area contributed by atoms with Crippen molar-refractivity contribution >= 4 is 5.97 Å². The molecule has 1 atom stereocenters. The third-order valence-corrected chi connectivity index (χ3v) is 1.67. The predicted molar refractivity (Wildman–Crippen MR) is 50.2 cm³/mol. The minimum Gasteiger partial charge on any atom is -0.491 e. The molecule has 0 spiro atoms.